The molecular weight excluding hydrogens is 453 g/mol. The van der Waals surface area contributed by atoms with Crippen molar-refractivity contribution in [1.29, 1.82) is 0 Å². The first kappa shape index (κ1) is 19.7. The number of anilines is 1. The average molecular weight is 474 g/mol. The Morgan fingerprint density at radius 3 is 2.60 bits per heavy atom. The summed E-state index contributed by atoms with van der Waals surface area (Å²) in [6, 6.07) is 13.6. The van der Waals surface area contributed by atoms with Gasteiger partial charge < -0.3 is 20.5 Å². The van der Waals surface area contributed by atoms with Gasteiger partial charge >= 0.3 is 0 Å². The van der Waals surface area contributed by atoms with Crippen LogP contribution < -0.4 is 20.5 Å². The normalized spacial score (nSPS) is 18.9. The van der Waals surface area contributed by atoms with E-state index in [1.54, 1.807) is 14.2 Å². The molecule has 0 aliphatic heterocycles. The van der Waals surface area contributed by atoms with Crippen LogP contribution in [-0.4, -0.2) is 26.2 Å². The predicted octanol–water partition coefficient (Wildman–Crippen LogP) is 4.26. The fourth-order valence-corrected chi connectivity index (χ4v) is 2.89. The highest BCUT2D eigenvalue weighted by atomic mass is 127. The van der Waals surface area contributed by atoms with Crippen molar-refractivity contribution in [3.63, 3.8) is 0 Å². The van der Waals surface area contributed by atoms with Crippen LogP contribution in [0.5, 0.6) is 11.5 Å². The number of methoxy groups -OCH3 is 2. The minimum Gasteiger partial charge on any atom is -0.493 e. The molecule has 7 heteroatoms. The van der Waals surface area contributed by atoms with E-state index in [4.69, 9.17) is 26.8 Å². The molecule has 134 valence electrons. The van der Waals surface area contributed by atoms with E-state index in [0.717, 1.165) is 17.1 Å². The third-order valence-corrected chi connectivity index (χ3v) is 4.23. The number of rotatable bonds is 5. The summed E-state index contributed by atoms with van der Waals surface area (Å²) >= 11 is 6.04. The molecule has 5 nitrogen and oxygen atoms in total. The average Bonchev–Trinajstić information content (AvgIpc) is 3.33. The highest BCUT2D eigenvalue weighted by Gasteiger charge is 2.38. The quantitative estimate of drug-likeness (QED) is 0.387. The number of ether oxygens (including phenoxy) is 2. The Balaban J connectivity index is 0.00000225. The molecule has 1 fully saturated rings. The summed E-state index contributed by atoms with van der Waals surface area (Å²) in [6.07, 6.45) is 0.981. The Hall–Kier alpha value is -1.67. The van der Waals surface area contributed by atoms with Gasteiger partial charge in [0.25, 0.3) is 0 Å². The number of aliphatic imine (C=N–C) groups is 1. The van der Waals surface area contributed by atoms with E-state index < -0.39 is 0 Å². The van der Waals surface area contributed by atoms with E-state index in [2.05, 4.69) is 16.4 Å². The summed E-state index contributed by atoms with van der Waals surface area (Å²) in [5.41, 5.74) is 8.02. The molecule has 0 radical (unpaired) electrons. The second-order valence-electron chi connectivity index (χ2n) is 5.67. The zero-order valence-electron chi connectivity index (χ0n) is 14.0. The van der Waals surface area contributed by atoms with Gasteiger partial charge in [-0.25, -0.2) is 4.99 Å². The van der Waals surface area contributed by atoms with Gasteiger partial charge in [-0.2, -0.15) is 0 Å². The summed E-state index contributed by atoms with van der Waals surface area (Å²) in [6.45, 7) is 0. The van der Waals surface area contributed by atoms with E-state index in [1.165, 1.54) is 5.56 Å². The molecule has 1 aliphatic rings. The van der Waals surface area contributed by atoms with Crippen molar-refractivity contribution >= 4 is 47.2 Å². The fraction of sp³-hybridized carbons (Fsp3) is 0.278. The lowest BCUT2D eigenvalue weighted by Gasteiger charge is -2.11. The summed E-state index contributed by atoms with van der Waals surface area (Å²) in [5.74, 6) is 2.08. The van der Waals surface area contributed by atoms with E-state index in [9.17, 15) is 0 Å². The molecule has 0 spiro atoms. The molecule has 1 aliphatic carbocycles. The third-order valence-electron chi connectivity index (χ3n) is 3.99. The first-order chi connectivity index (χ1) is 11.6. The molecule has 2 aromatic rings. The minimum absolute atomic E-state index is 0. The van der Waals surface area contributed by atoms with Gasteiger partial charge in [0.05, 0.1) is 20.3 Å². The SMILES string of the molecule is COc1ccc(NC(N)=N[C@@H]2C[C@H]2c2cccc(Cl)c2)cc1OC.I. The lowest BCUT2D eigenvalue weighted by molar-refractivity contribution is 0.355. The van der Waals surface area contributed by atoms with Crippen molar-refractivity contribution in [1.82, 2.24) is 0 Å². The Morgan fingerprint density at radius 2 is 1.92 bits per heavy atom. The molecule has 1 saturated carbocycles. The molecule has 0 unspecified atom stereocenters. The number of nitrogens with two attached hydrogens (primary N) is 1. The topological polar surface area (TPSA) is 68.9 Å². The highest BCUT2D eigenvalue weighted by Crippen LogP contribution is 2.44. The Kier molecular flexibility index (Phi) is 6.78. The van der Waals surface area contributed by atoms with Crippen LogP contribution in [0.2, 0.25) is 5.02 Å². The Morgan fingerprint density at radius 1 is 1.16 bits per heavy atom. The molecular formula is C18H21ClIN3O2. The molecule has 2 aromatic carbocycles. The molecule has 3 N–H and O–H groups in total. The molecule has 0 bridgehead atoms. The smallest absolute Gasteiger partial charge is 0.193 e. The van der Waals surface area contributed by atoms with Crippen molar-refractivity contribution in [2.75, 3.05) is 19.5 Å². The van der Waals surface area contributed by atoms with E-state index in [1.807, 2.05) is 36.4 Å². The number of halogens is 2. The van der Waals surface area contributed by atoms with Crippen LogP contribution in [0.1, 0.15) is 17.9 Å². The van der Waals surface area contributed by atoms with Crippen molar-refractivity contribution < 1.29 is 9.47 Å². The van der Waals surface area contributed by atoms with Crippen molar-refractivity contribution in [2.24, 2.45) is 10.7 Å². The number of hydrogen-bond donors (Lipinski definition) is 2. The standard InChI is InChI=1S/C18H20ClN3O2.HI/c1-23-16-7-6-13(9-17(16)24-2)21-18(20)22-15-10-14(15)11-4-3-5-12(19)8-11;/h3-9,14-15H,10H2,1-2H3,(H3,20,21,22);1H/t14-,15+;/m0./s1. The summed E-state index contributed by atoms with van der Waals surface area (Å²) in [4.78, 5) is 4.54. The van der Waals surface area contributed by atoms with Crippen LogP contribution >= 0.6 is 35.6 Å². The van der Waals surface area contributed by atoms with Crippen LogP contribution in [0.3, 0.4) is 0 Å². The van der Waals surface area contributed by atoms with Crippen LogP contribution in [0.4, 0.5) is 5.69 Å². The van der Waals surface area contributed by atoms with Crippen LogP contribution in [0.25, 0.3) is 0 Å². The van der Waals surface area contributed by atoms with Crippen LogP contribution in [0.15, 0.2) is 47.5 Å². The summed E-state index contributed by atoms with van der Waals surface area (Å²) in [7, 11) is 3.20. The van der Waals surface area contributed by atoms with Crippen molar-refractivity contribution in [3.05, 3.63) is 53.1 Å². The van der Waals surface area contributed by atoms with Gasteiger partial charge in [-0.3, -0.25) is 0 Å². The lowest BCUT2D eigenvalue weighted by atomic mass is 10.1. The highest BCUT2D eigenvalue weighted by molar-refractivity contribution is 14.0. The summed E-state index contributed by atoms with van der Waals surface area (Å²) in [5, 5.41) is 3.84. The maximum absolute atomic E-state index is 6.04. The second-order valence-corrected chi connectivity index (χ2v) is 6.11. The Bertz CT molecular complexity index is 770. The monoisotopic (exact) mass is 473 g/mol. The molecule has 25 heavy (non-hydrogen) atoms. The van der Waals surface area contributed by atoms with Crippen molar-refractivity contribution in [3.8, 4) is 11.5 Å². The minimum atomic E-state index is 0. The molecule has 0 saturated heterocycles. The Labute approximate surface area is 169 Å². The summed E-state index contributed by atoms with van der Waals surface area (Å²) < 4.78 is 10.5. The van der Waals surface area contributed by atoms with E-state index in [0.29, 0.717) is 23.4 Å². The number of nitrogens with one attached hydrogen (secondary N) is 1. The van der Waals surface area contributed by atoms with Gasteiger partial charge in [-0.15, -0.1) is 24.0 Å². The van der Waals surface area contributed by atoms with E-state index >= 15 is 0 Å². The van der Waals surface area contributed by atoms with Gasteiger partial charge in [0, 0.05) is 22.7 Å². The first-order valence-electron chi connectivity index (χ1n) is 7.68. The third kappa shape index (κ3) is 4.92. The maximum atomic E-state index is 6.04. The van der Waals surface area contributed by atoms with Crippen molar-refractivity contribution in [2.45, 2.75) is 18.4 Å². The van der Waals surface area contributed by atoms with Gasteiger partial charge in [0.1, 0.15) is 0 Å². The molecule has 0 amide bonds. The van der Waals surface area contributed by atoms with Crippen LogP contribution in [-0.2, 0) is 0 Å². The maximum Gasteiger partial charge on any atom is 0.193 e. The van der Waals surface area contributed by atoms with Gasteiger partial charge in [0.2, 0.25) is 0 Å². The fourth-order valence-electron chi connectivity index (χ4n) is 2.69. The molecule has 0 heterocycles. The molecule has 3 rings (SSSR count). The zero-order chi connectivity index (χ0) is 17.1. The molecule has 0 aromatic heterocycles. The number of nitrogens with zero attached hydrogens (tertiary/aromatic N) is 1. The van der Waals surface area contributed by atoms with Gasteiger partial charge in [0.15, 0.2) is 17.5 Å². The number of benzene rings is 2. The molecule has 2 atom stereocenters. The van der Waals surface area contributed by atoms with E-state index in [-0.39, 0.29) is 30.0 Å². The predicted molar refractivity (Wildman–Crippen MR) is 113 cm³/mol. The van der Waals surface area contributed by atoms with Gasteiger partial charge in [-0.05, 0) is 36.2 Å². The van der Waals surface area contributed by atoms with Gasteiger partial charge in [-0.1, -0.05) is 23.7 Å². The number of guanidine groups is 1. The largest absolute Gasteiger partial charge is 0.493 e. The number of hydrogen-bond acceptors (Lipinski definition) is 3. The van der Waals surface area contributed by atoms with Crippen LogP contribution in [0, 0.1) is 0 Å². The lowest BCUT2D eigenvalue weighted by Crippen LogP contribution is -2.23. The first-order valence-corrected chi connectivity index (χ1v) is 8.06. The second kappa shape index (κ2) is 8.62. The zero-order valence-corrected chi connectivity index (χ0v) is 17.1.